The first-order valence-corrected chi connectivity index (χ1v) is 5.76. The fourth-order valence-electron chi connectivity index (χ4n) is 2.14. The first-order chi connectivity index (χ1) is 6.85. The van der Waals surface area contributed by atoms with Crippen molar-refractivity contribution in [3.63, 3.8) is 0 Å². The highest BCUT2D eigenvalue weighted by molar-refractivity contribution is 5.74. The lowest BCUT2D eigenvalue weighted by Crippen LogP contribution is -2.33. The second-order valence-electron chi connectivity index (χ2n) is 5.38. The van der Waals surface area contributed by atoms with Gasteiger partial charge in [-0.05, 0) is 39.5 Å². The number of carbonyl (C=O) groups excluding carboxylic acids is 1. The van der Waals surface area contributed by atoms with Gasteiger partial charge in [-0.3, -0.25) is 4.79 Å². The average molecular weight is 214 g/mol. The third kappa shape index (κ3) is 3.20. The monoisotopic (exact) mass is 214 g/mol. The van der Waals surface area contributed by atoms with Crippen LogP contribution in [0.3, 0.4) is 0 Å². The van der Waals surface area contributed by atoms with Crippen molar-refractivity contribution in [3.05, 3.63) is 0 Å². The van der Waals surface area contributed by atoms with Crippen molar-refractivity contribution in [1.29, 1.82) is 0 Å². The molecule has 1 aliphatic rings. The number of aliphatic hydroxyl groups excluding tert-OH is 1. The van der Waals surface area contributed by atoms with E-state index in [1.54, 1.807) is 0 Å². The molecule has 0 aromatic carbocycles. The minimum atomic E-state index is -0.509. The topological polar surface area (TPSA) is 46.5 Å². The second kappa shape index (κ2) is 4.52. The van der Waals surface area contributed by atoms with Gasteiger partial charge in [0, 0.05) is 0 Å². The van der Waals surface area contributed by atoms with Gasteiger partial charge in [-0.15, -0.1) is 0 Å². The Labute approximate surface area is 91.8 Å². The van der Waals surface area contributed by atoms with E-state index in [-0.39, 0.29) is 17.8 Å². The maximum atomic E-state index is 11.8. The van der Waals surface area contributed by atoms with Gasteiger partial charge < -0.3 is 9.84 Å². The van der Waals surface area contributed by atoms with Crippen molar-refractivity contribution < 1.29 is 14.6 Å². The lowest BCUT2D eigenvalue weighted by molar-refractivity contribution is -0.163. The van der Waals surface area contributed by atoms with Crippen LogP contribution in [0.25, 0.3) is 0 Å². The third-order valence-corrected chi connectivity index (χ3v) is 2.98. The molecule has 0 bridgehead atoms. The molecule has 0 amide bonds. The lowest BCUT2D eigenvalue weighted by atomic mass is 9.99. The fourth-order valence-corrected chi connectivity index (χ4v) is 2.14. The Balaban J connectivity index is 2.55. The summed E-state index contributed by atoms with van der Waals surface area (Å²) >= 11 is 0. The molecule has 0 aromatic heterocycles. The standard InChI is InChI=1S/C12H22O3/c1-5-8-6-7-9(10(8)13)11(14)15-12(2,3)4/h8-10,13H,5-7H2,1-4H3. The summed E-state index contributed by atoms with van der Waals surface area (Å²) in [7, 11) is 0. The van der Waals surface area contributed by atoms with Gasteiger partial charge in [0.2, 0.25) is 0 Å². The van der Waals surface area contributed by atoms with Gasteiger partial charge in [-0.25, -0.2) is 0 Å². The summed E-state index contributed by atoms with van der Waals surface area (Å²) in [6.45, 7) is 7.60. The Bertz CT molecular complexity index is 230. The van der Waals surface area contributed by atoms with Crippen LogP contribution in [0.1, 0.15) is 47.0 Å². The number of carbonyl (C=O) groups is 1. The van der Waals surface area contributed by atoms with Crippen LogP contribution in [0.15, 0.2) is 0 Å². The Morgan fingerprint density at radius 3 is 2.40 bits per heavy atom. The molecule has 0 aromatic rings. The van der Waals surface area contributed by atoms with E-state index in [1.807, 2.05) is 27.7 Å². The Kier molecular flexibility index (Phi) is 3.77. The average Bonchev–Trinajstić information content (AvgIpc) is 2.43. The molecule has 1 fully saturated rings. The SMILES string of the molecule is CCC1CCC(C(=O)OC(C)(C)C)C1O. The summed E-state index contributed by atoms with van der Waals surface area (Å²) in [6, 6.07) is 0. The Morgan fingerprint density at radius 1 is 1.40 bits per heavy atom. The minimum absolute atomic E-state index is 0.244. The van der Waals surface area contributed by atoms with Crippen LogP contribution in [0.5, 0.6) is 0 Å². The van der Waals surface area contributed by atoms with Gasteiger partial charge >= 0.3 is 5.97 Å². The number of hydrogen-bond acceptors (Lipinski definition) is 3. The molecule has 0 heterocycles. The summed E-state index contributed by atoms with van der Waals surface area (Å²) in [5, 5.41) is 9.92. The van der Waals surface area contributed by atoms with E-state index in [0.717, 1.165) is 19.3 Å². The normalized spacial score (nSPS) is 31.7. The van der Waals surface area contributed by atoms with E-state index in [9.17, 15) is 9.90 Å². The molecule has 3 unspecified atom stereocenters. The largest absolute Gasteiger partial charge is 0.460 e. The lowest BCUT2D eigenvalue weighted by Gasteiger charge is -2.24. The highest BCUT2D eigenvalue weighted by Crippen LogP contribution is 2.34. The molecule has 0 spiro atoms. The van der Waals surface area contributed by atoms with Gasteiger partial charge in [0.05, 0.1) is 12.0 Å². The minimum Gasteiger partial charge on any atom is -0.460 e. The number of hydrogen-bond donors (Lipinski definition) is 1. The molecule has 1 rings (SSSR count). The molecular weight excluding hydrogens is 192 g/mol. The van der Waals surface area contributed by atoms with Crippen LogP contribution in [0, 0.1) is 11.8 Å². The van der Waals surface area contributed by atoms with Crippen molar-refractivity contribution in [3.8, 4) is 0 Å². The van der Waals surface area contributed by atoms with Crippen molar-refractivity contribution in [2.45, 2.75) is 58.7 Å². The van der Waals surface area contributed by atoms with Gasteiger partial charge in [0.25, 0.3) is 0 Å². The van der Waals surface area contributed by atoms with Gasteiger partial charge in [-0.1, -0.05) is 13.3 Å². The highest BCUT2D eigenvalue weighted by Gasteiger charge is 2.40. The molecule has 15 heavy (non-hydrogen) atoms. The number of aliphatic hydroxyl groups is 1. The van der Waals surface area contributed by atoms with E-state index in [4.69, 9.17) is 4.74 Å². The van der Waals surface area contributed by atoms with Gasteiger partial charge in [0.15, 0.2) is 0 Å². The maximum Gasteiger partial charge on any atom is 0.312 e. The van der Waals surface area contributed by atoms with E-state index < -0.39 is 11.7 Å². The van der Waals surface area contributed by atoms with Crippen molar-refractivity contribution >= 4 is 5.97 Å². The van der Waals surface area contributed by atoms with Crippen molar-refractivity contribution in [2.75, 3.05) is 0 Å². The summed E-state index contributed by atoms with van der Waals surface area (Å²) in [6.07, 6.45) is 2.11. The summed E-state index contributed by atoms with van der Waals surface area (Å²) in [4.78, 5) is 11.8. The zero-order chi connectivity index (χ0) is 11.6. The Morgan fingerprint density at radius 2 is 2.00 bits per heavy atom. The number of esters is 1. The first-order valence-electron chi connectivity index (χ1n) is 5.76. The molecule has 3 atom stereocenters. The van der Waals surface area contributed by atoms with Crippen molar-refractivity contribution in [1.82, 2.24) is 0 Å². The molecular formula is C12H22O3. The zero-order valence-corrected chi connectivity index (χ0v) is 10.1. The van der Waals surface area contributed by atoms with Crippen LogP contribution in [-0.4, -0.2) is 22.8 Å². The van der Waals surface area contributed by atoms with Crippen LogP contribution in [0.2, 0.25) is 0 Å². The number of ether oxygens (including phenoxy) is 1. The summed E-state index contributed by atoms with van der Waals surface area (Å²) < 4.78 is 5.29. The molecule has 1 aliphatic carbocycles. The van der Waals surface area contributed by atoms with E-state index in [1.165, 1.54) is 0 Å². The van der Waals surface area contributed by atoms with E-state index in [2.05, 4.69) is 0 Å². The zero-order valence-electron chi connectivity index (χ0n) is 10.1. The van der Waals surface area contributed by atoms with Crippen molar-refractivity contribution in [2.24, 2.45) is 11.8 Å². The predicted octanol–water partition coefficient (Wildman–Crippen LogP) is 2.13. The van der Waals surface area contributed by atoms with Crippen LogP contribution in [-0.2, 0) is 9.53 Å². The smallest absolute Gasteiger partial charge is 0.312 e. The molecule has 88 valence electrons. The summed E-state index contributed by atoms with van der Waals surface area (Å²) in [5.74, 6) is -0.289. The first kappa shape index (κ1) is 12.5. The second-order valence-corrected chi connectivity index (χ2v) is 5.38. The summed E-state index contributed by atoms with van der Waals surface area (Å²) in [5.41, 5.74) is -0.457. The molecule has 1 saturated carbocycles. The third-order valence-electron chi connectivity index (χ3n) is 2.98. The molecule has 0 radical (unpaired) electrons. The fraction of sp³-hybridized carbons (Fsp3) is 0.917. The molecule has 3 nitrogen and oxygen atoms in total. The van der Waals surface area contributed by atoms with E-state index in [0.29, 0.717) is 0 Å². The predicted molar refractivity (Wildman–Crippen MR) is 58.4 cm³/mol. The Hall–Kier alpha value is -0.570. The van der Waals surface area contributed by atoms with E-state index >= 15 is 0 Å². The van der Waals surface area contributed by atoms with Crippen LogP contribution in [0.4, 0.5) is 0 Å². The molecule has 0 saturated heterocycles. The van der Waals surface area contributed by atoms with Gasteiger partial charge in [0.1, 0.15) is 5.60 Å². The number of rotatable bonds is 2. The molecule has 0 aliphatic heterocycles. The van der Waals surface area contributed by atoms with Crippen LogP contribution >= 0.6 is 0 Å². The highest BCUT2D eigenvalue weighted by atomic mass is 16.6. The molecule has 1 N–H and O–H groups in total. The maximum absolute atomic E-state index is 11.8. The molecule has 3 heteroatoms. The van der Waals surface area contributed by atoms with Gasteiger partial charge in [-0.2, -0.15) is 0 Å². The quantitative estimate of drug-likeness (QED) is 0.716. The van der Waals surface area contributed by atoms with Crippen LogP contribution < -0.4 is 0 Å².